The first-order valence-electron chi connectivity index (χ1n) is 6.40. The Hall–Kier alpha value is -1.44. The summed E-state index contributed by atoms with van der Waals surface area (Å²) >= 11 is 0. The van der Waals surface area contributed by atoms with Gasteiger partial charge in [-0.2, -0.15) is 0 Å². The van der Waals surface area contributed by atoms with Gasteiger partial charge in [0.1, 0.15) is 0 Å². The molecule has 0 spiro atoms. The largest absolute Gasteiger partial charge is 0.326 e. The molecule has 112 valence electrons. The molecule has 0 fully saturated rings. The van der Waals surface area contributed by atoms with E-state index in [0.29, 0.717) is 17.8 Å². The number of rotatable bonds is 6. The number of aryl methyl sites for hydroxylation is 1. The smallest absolute Gasteiger partial charge is 0.238 e. The molecular weight excluding hydrogens is 278 g/mol. The molecule has 0 heterocycles. The van der Waals surface area contributed by atoms with E-state index < -0.39 is 10.0 Å². The molecule has 0 aliphatic carbocycles. The van der Waals surface area contributed by atoms with Crippen LogP contribution in [0.5, 0.6) is 0 Å². The summed E-state index contributed by atoms with van der Waals surface area (Å²) in [7, 11) is -3.79. The first kappa shape index (κ1) is 16.6. The van der Waals surface area contributed by atoms with Crippen LogP contribution < -0.4 is 15.8 Å². The maximum absolute atomic E-state index is 11.9. The number of nitrogens with one attached hydrogen (secondary N) is 2. The van der Waals surface area contributed by atoms with Gasteiger partial charge in [-0.1, -0.05) is 19.9 Å². The van der Waals surface area contributed by atoms with E-state index in [1.165, 1.54) is 6.07 Å². The Labute approximate surface area is 119 Å². The van der Waals surface area contributed by atoms with Gasteiger partial charge in [-0.15, -0.1) is 0 Å². The molecule has 1 rings (SSSR count). The molecule has 1 atom stereocenters. The van der Waals surface area contributed by atoms with Gasteiger partial charge in [0.25, 0.3) is 0 Å². The first-order valence-corrected chi connectivity index (χ1v) is 7.95. The van der Waals surface area contributed by atoms with Crippen molar-refractivity contribution >= 4 is 21.6 Å². The van der Waals surface area contributed by atoms with Gasteiger partial charge in [-0.05, 0) is 31.2 Å². The summed E-state index contributed by atoms with van der Waals surface area (Å²) in [5.41, 5.74) is 0.971. The SMILES string of the molecule is CCNCC(C)C(=O)Nc1ccc(C)c(S(N)(=O)=O)c1. The van der Waals surface area contributed by atoms with E-state index in [9.17, 15) is 13.2 Å². The lowest BCUT2D eigenvalue weighted by molar-refractivity contribution is -0.119. The van der Waals surface area contributed by atoms with Gasteiger partial charge in [-0.3, -0.25) is 4.79 Å². The number of amides is 1. The highest BCUT2D eigenvalue weighted by molar-refractivity contribution is 7.89. The maximum Gasteiger partial charge on any atom is 0.238 e. The number of carbonyl (C=O) groups is 1. The Morgan fingerprint density at radius 3 is 2.60 bits per heavy atom. The minimum atomic E-state index is -3.79. The van der Waals surface area contributed by atoms with Crippen LogP contribution in [0.2, 0.25) is 0 Å². The normalized spacial score (nSPS) is 13.0. The minimum absolute atomic E-state index is 0.0228. The fourth-order valence-electron chi connectivity index (χ4n) is 1.70. The average molecular weight is 299 g/mol. The second kappa shape index (κ2) is 6.83. The third-order valence-corrected chi connectivity index (χ3v) is 3.96. The third kappa shape index (κ3) is 4.59. The van der Waals surface area contributed by atoms with Crippen LogP contribution in [0.15, 0.2) is 23.1 Å². The number of carbonyl (C=O) groups excluding carboxylic acids is 1. The molecule has 1 aromatic carbocycles. The van der Waals surface area contributed by atoms with Crippen LogP contribution in [0.4, 0.5) is 5.69 Å². The van der Waals surface area contributed by atoms with Crippen molar-refractivity contribution in [3.63, 3.8) is 0 Å². The number of sulfonamides is 1. The molecule has 1 amide bonds. The molecule has 4 N–H and O–H groups in total. The van der Waals surface area contributed by atoms with Gasteiger partial charge in [0, 0.05) is 18.2 Å². The zero-order valence-corrected chi connectivity index (χ0v) is 12.8. The minimum Gasteiger partial charge on any atom is -0.326 e. The summed E-state index contributed by atoms with van der Waals surface area (Å²) in [5, 5.41) is 10.9. The maximum atomic E-state index is 11.9. The van der Waals surface area contributed by atoms with Gasteiger partial charge < -0.3 is 10.6 Å². The number of benzene rings is 1. The van der Waals surface area contributed by atoms with Gasteiger partial charge >= 0.3 is 0 Å². The molecule has 1 unspecified atom stereocenters. The summed E-state index contributed by atoms with van der Waals surface area (Å²) in [4.78, 5) is 12.0. The number of hydrogen-bond acceptors (Lipinski definition) is 4. The predicted molar refractivity (Wildman–Crippen MR) is 78.9 cm³/mol. The molecule has 0 saturated heterocycles. The van der Waals surface area contributed by atoms with Crippen molar-refractivity contribution < 1.29 is 13.2 Å². The van der Waals surface area contributed by atoms with Gasteiger partial charge in [0.05, 0.1) is 4.90 Å². The van der Waals surface area contributed by atoms with Crippen LogP contribution in [-0.2, 0) is 14.8 Å². The Kier molecular flexibility index (Phi) is 5.67. The van der Waals surface area contributed by atoms with Crippen LogP contribution in [0.3, 0.4) is 0 Å². The zero-order valence-electron chi connectivity index (χ0n) is 11.9. The summed E-state index contributed by atoms with van der Waals surface area (Å²) in [6.07, 6.45) is 0. The molecule has 0 aromatic heterocycles. The number of nitrogens with two attached hydrogens (primary N) is 1. The molecule has 0 aliphatic rings. The van der Waals surface area contributed by atoms with E-state index in [-0.39, 0.29) is 16.7 Å². The van der Waals surface area contributed by atoms with E-state index in [4.69, 9.17) is 5.14 Å². The third-order valence-electron chi connectivity index (χ3n) is 2.91. The van der Waals surface area contributed by atoms with Gasteiger partial charge in [-0.25, -0.2) is 13.6 Å². The molecular formula is C13H21N3O3S. The van der Waals surface area contributed by atoms with Crippen LogP contribution >= 0.6 is 0 Å². The fraction of sp³-hybridized carbons (Fsp3) is 0.462. The molecule has 0 aliphatic heterocycles. The average Bonchev–Trinajstić information content (AvgIpc) is 2.36. The van der Waals surface area contributed by atoms with E-state index in [0.717, 1.165) is 6.54 Å². The highest BCUT2D eigenvalue weighted by atomic mass is 32.2. The monoisotopic (exact) mass is 299 g/mol. The van der Waals surface area contributed by atoms with Crippen molar-refractivity contribution in [2.75, 3.05) is 18.4 Å². The molecule has 6 nitrogen and oxygen atoms in total. The molecule has 1 aromatic rings. The van der Waals surface area contributed by atoms with Crippen molar-refractivity contribution in [2.45, 2.75) is 25.7 Å². The zero-order chi connectivity index (χ0) is 15.3. The van der Waals surface area contributed by atoms with E-state index >= 15 is 0 Å². The molecule has 0 radical (unpaired) electrons. The second-order valence-corrected chi connectivity index (χ2v) is 6.25. The van der Waals surface area contributed by atoms with Crippen molar-refractivity contribution in [3.8, 4) is 0 Å². The molecule has 7 heteroatoms. The summed E-state index contributed by atoms with van der Waals surface area (Å²) in [6, 6.07) is 4.65. The summed E-state index contributed by atoms with van der Waals surface area (Å²) in [6.45, 7) is 6.77. The summed E-state index contributed by atoms with van der Waals surface area (Å²) in [5.74, 6) is -0.385. The highest BCUT2D eigenvalue weighted by Gasteiger charge is 2.15. The quantitative estimate of drug-likeness (QED) is 0.724. The standard InChI is InChI=1S/C13H21N3O3S/c1-4-15-8-10(3)13(17)16-11-6-5-9(2)12(7-11)20(14,18)19/h5-7,10,15H,4,8H2,1-3H3,(H,16,17)(H2,14,18,19). The Morgan fingerprint density at radius 1 is 1.40 bits per heavy atom. The van der Waals surface area contributed by atoms with Gasteiger partial charge in [0.15, 0.2) is 0 Å². The second-order valence-electron chi connectivity index (χ2n) is 4.72. The Morgan fingerprint density at radius 2 is 2.05 bits per heavy atom. The molecule has 0 saturated carbocycles. The van der Waals surface area contributed by atoms with Crippen molar-refractivity contribution in [1.82, 2.24) is 5.32 Å². The number of anilines is 1. The van der Waals surface area contributed by atoms with E-state index in [1.807, 2.05) is 6.92 Å². The first-order chi connectivity index (χ1) is 9.25. The van der Waals surface area contributed by atoms with Gasteiger partial charge in [0.2, 0.25) is 15.9 Å². The number of primary sulfonamides is 1. The fourth-order valence-corrected chi connectivity index (χ4v) is 2.51. The summed E-state index contributed by atoms with van der Waals surface area (Å²) < 4.78 is 22.8. The Balaban J connectivity index is 2.86. The van der Waals surface area contributed by atoms with Crippen molar-refractivity contribution in [2.24, 2.45) is 11.1 Å². The van der Waals surface area contributed by atoms with Crippen LogP contribution in [0, 0.1) is 12.8 Å². The van der Waals surface area contributed by atoms with Crippen molar-refractivity contribution in [1.29, 1.82) is 0 Å². The topological polar surface area (TPSA) is 101 Å². The lowest BCUT2D eigenvalue weighted by Crippen LogP contribution is -2.30. The van der Waals surface area contributed by atoms with E-state index in [1.54, 1.807) is 26.0 Å². The Bertz CT molecular complexity index is 585. The van der Waals surface area contributed by atoms with Crippen LogP contribution in [-0.4, -0.2) is 27.4 Å². The lowest BCUT2D eigenvalue weighted by Gasteiger charge is -2.13. The lowest BCUT2D eigenvalue weighted by atomic mass is 10.1. The predicted octanol–water partition coefficient (Wildman–Crippen LogP) is 0.827. The van der Waals surface area contributed by atoms with Crippen molar-refractivity contribution in [3.05, 3.63) is 23.8 Å². The van der Waals surface area contributed by atoms with E-state index in [2.05, 4.69) is 10.6 Å². The van der Waals surface area contributed by atoms with Crippen LogP contribution in [0.25, 0.3) is 0 Å². The van der Waals surface area contributed by atoms with Crippen LogP contribution in [0.1, 0.15) is 19.4 Å². The number of hydrogen-bond donors (Lipinski definition) is 3. The highest BCUT2D eigenvalue weighted by Crippen LogP contribution is 2.19. The molecule has 0 bridgehead atoms. The molecule has 20 heavy (non-hydrogen) atoms.